The predicted molar refractivity (Wildman–Crippen MR) is 83.3 cm³/mol. The molecule has 0 saturated heterocycles. The maximum absolute atomic E-state index is 9.05. The number of pyridine rings is 1. The van der Waals surface area contributed by atoms with E-state index in [1.54, 1.807) is 18.3 Å². The molecular weight excluding hydrogens is 262 g/mol. The van der Waals surface area contributed by atoms with E-state index in [1.807, 2.05) is 31.2 Å². The van der Waals surface area contributed by atoms with Crippen LogP contribution in [0.15, 0.2) is 42.6 Å². The van der Waals surface area contributed by atoms with E-state index in [0.29, 0.717) is 17.9 Å². The van der Waals surface area contributed by atoms with Crippen molar-refractivity contribution in [1.29, 1.82) is 5.26 Å². The first kappa shape index (κ1) is 14.9. The van der Waals surface area contributed by atoms with Gasteiger partial charge in [0.05, 0.1) is 12.1 Å². The van der Waals surface area contributed by atoms with Crippen LogP contribution in [0.5, 0.6) is 5.75 Å². The minimum atomic E-state index is 0.0275. The number of aryl methyl sites for hydroxylation is 1. The Hall–Kier alpha value is -2.54. The Balaban J connectivity index is 2.00. The number of benzene rings is 1. The second-order valence-electron chi connectivity index (χ2n) is 4.81. The molecule has 1 unspecified atom stereocenters. The molecule has 4 heteroatoms. The zero-order valence-electron chi connectivity index (χ0n) is 12.3. The van der Waals surface area contributed by atoms with Gasteiger partial charge in [-0.15, -0.1) is 0 Å². The van der Waals surface area contributed by atoms with E-state index >= 15 is 0 Å². The Morgan fingerprint density at radius 1 is 1.29 bits per heavy atom. The van der Waals surface area contributed by atoms with E-state index in [2.05, 4.69) is 23.3 Å². The lowest BCUT2D eigenvalue weighted by molar-refractivity contribution is 0.208. The van der Waals surface area contributed by atoms with Crippen molar-refractivity contribution < 1.29 is 4.74 Å². The van der Waals surface area contributed by atoms with Gasteiger partial charge < -0.3 is 10.1 Å². The zero-order chi connectivity index (χ0) is 15.1. The molecule has 0 bridgehead atoms. The summed E-state index contributed by atoms with van der Waals surface area (Å²) in [5.41, 5.74) is 1.66. The van der Waals surface area contributed by atoms with E-state index in [9.17, 15) is 0 Å². The van der Waals surface area contributed by atoms with Crippen LogP contribution >= 0.6 is 0 Å². The summed E-state index contributed by atoms with van der Waals surface area (Å²) < 4.78 is 6.02. The molecule has 2 rings (SSSR count). The van der Waals surface area contributed by atoms with Crippen molar-refractivity contribution in [2.75, 3.05) is 11.9 Å². The van der Waals surface area contributed by atoms with Crippen LogP contribution in [0.4, 0.5) is 5.82 Å². The third kappa shape index (κ3) is 3.96. The monoisotopic (exact) mass is 281 g/mol. The van der Waals surface area contributed by atoms with E-state index in [4.69, 9.17) is 10.00 Å². The first-order valence-electron chi connectivity index (χ1n) is 7.06. The normalized spacial score (nSPS) is 11.5. The first-order chi connectivity index (χ1) is 10.2. The molecule has 1 N–H and O–H groups in total. The lowest BCUT2D eigenvalue weighted by atomic mass is 10.2. The van der Waals surface area contributed by atoms with Crippen LogP contribution < -0.4 is 10.1 Å². The van der Waals surface area contributed by atoms with Crippen molar-refractivity contribution in [2.45, 2.75) is 26.4 Å². The summed E-state index contributed by atoms with van der Waals surface area (Å²) in [6.07, 6.45) is 2.57. The minimum absolute atomic E-state index is 0.0275. The molecule has 1 aromatic carbocycles. The van der Waals surface area contributed by atoms with Crippen molar-refractivity contribution in [3.05, 3.63) is 53.7 Å². The Morgan fingerprint density at radius 3 is 2.81 bits per heavy atom. The van der Waals surface area contributed by atoms with Crippen LogP contribution in [0.25, 0.3) is 0 Å². The number of para-hydroxylation sites is 1. The van der Waals surface area contributed by atoms with Crippen LogP contribution in [0.2, 0.25) is 0 Å². The van der Waals surface area contributed by atoms with Crippen LogP contribution in [-0.2, 0) is 0 Å². The molecule has 1 atom stereocenters. The fourth-order valence-electron chi connectivity index (χ4n) is 1.98. The molecule has 108 valence electrons. The third-order valence-corrected chi connectivity index (χ3v) is 3.27. The van der Waals surface area contributed by atoms with Gasteiger partial charge in [-0.3, -0.25) is 0 Å². The fourth-order valence-corrected chi connectivity index (χ4v) is 1.98. The molecule has 0 amide bonds. The topological polar surface area (TPSA) is 57.9 Å². The molecule has 1 aromatic heterocycles. The highest BCUT2D eigenvalue weighted by Crippen LogP contribution is 2.19. The van der Waals surface area contributed by atoms with Gasteiger partial charge in [-0.25, -0.2) is 4.98 Å². The van der Waals surface area contributed by atoms with Gasteiger partial charge in [0.15, 0.2) is 0 Å². The van der Waals surface area contributed by atoms with Crippen LogP contribution in [0, 0.1) is 18.3 Å². The summed E-state index contributed by atoms with van der Waals surface area (Å²) in [5, 5.41) is 12.2. The van der Waals surface area contributed by atoms with Crippen molar-refractivity contribution >= 4 is 5.82 Å². The molecule has 0 saturated carbocycles. The number of nitrogens with one attached hydrogen (secondary N) is 1. The summed E-state index contributed by atoms with van der Waals surface area (Å²) in [5.74, 6) is 1.50. The van der Waals surface area contributed by atoms with Gasteiger partial charge >= 0.3 is 0 Å². The summed E-state index contributed by atoms with van der Waals surface area (Å²) in [6.45, 7) is 4.72. The van der Waals surface area contributed by atoms with Gasteiger partial charge in [0.1, 0.15) is 23.7 Å². The van der Waals surface area contributed by atoms with Crippen molar-refractivity contribution in [2.24, 2.45) is 0 Å². The van der Waals surface area contributed by atoms with E-state index in [-0.39, 0.29) is 6.10 Å². The first-order valence-corrected chi connectivity index (χ1v) is 7.06. The zero-order valence-corrected chi connectivity index (χ0v) is 12.3. The second-order valence-corrected chi connectivity index (χ2v) is 4.81. The molecule has 0 fully saturated rings. The largest absolute Gasteiger partial charge is 0.488 e. The van der Waals surface area contributed by atoms with Crippen LogP contribution in [0.1, 0.15) is 24.5 Å². The smallest absolute Gasteiger partial charge is 0.144 e. The maximum atomic E-state index is 9.05. The minimum Gasteiger partial charge on any atom is -0.488 e. The van der Waals surface area contributed by atoms with Gasteiger partial charge in [-0.05, 0) is 37.1 Å². The average Bonchev–Trinajstić information content (AvgIpc) is 2.53. The van der Waals surface area contributed by atoms with Crippen LogP contribution in [-0.4, -0.2) is 17.6 Å². The summed E-state index contributed by atoms with van der Waals surface area (Å²) >= 11 is 0. The number of nitriles is 1. The van der Waals surface area contributed by atoms with Crippen molar-refractivity contribution in [3.8, 4) is 11.8 Å². The molecule has 0 aliphatic heterocycles. The highest BCUT2D eigenvalue weighted by atomic mass is 16.5. The molecule has 0 radical (unpaired) electrons. The molecule has 1 heterocycles. The number of ether oxygens (including phenoxy) is 1. The predicted octanol–water partition coefficient (Wildman–Crippen LogP) is 3.53. The van der Waals surface area contributed by atoms with Gasteiger partial charge in [0, 0.05) is 6.20 Å². The van der Waals surface area contributed by atoms with Gasteiger partial charge in [0.2, 0.25) is 0 Å². The second kappa shape index (κ2) is 7.30. The maximum Gasteiger partial charge on any atom is 0.144 e. The summed E-state index contributed by atoms with van der Waals surface area (Å²) in [6, 6.07) is 13.6. The number of anilines is 1. The Labute approximate surface area is 125 Å². The Bertz CT molecular complexity index is 634. The SMILES string of the molecule is CCC(CNc1ncccc1C#N)Oc1ccccc1C. The highest BCUT2D eigenvalue weighted by Gasteiger charge is 2.11. The van der Waals surface area contributed by atoms with Gasteiger partial charge in [-0.2, -0.15) is 5.26 Å². The van der Waals surface area contributed by atoms with Crippen molar-refractivity contribution in [3.63, 3.8) is 0 Å². The van der Waals surface area contributed by atoms with Gasteiger partial charge in [0.25, 0.3) is 0 Å². The summed E-state index contributed by atoms with van der Waals surface area (Å²) in [7, 11) is 0. The molecule has 21 heavy (non-hydrogen) atoms. The van der Waals surface area contributed by atoms with Crippen LogP contribution in [0.3, 0.4) is 0 Å². The third-order valence-electron chi connectivity index (χ3n) is 3.27. The average molecular weight is 281 g/mol. The van der Waals surface area contributed by atoms with E-state index in [1.165, 1.54) is 0 Å². The molecule has 4 nitrogen and oxygen atoms in total. The van der Waals surface area contributed by atoms with E-state index < -0.39 is 0 Å². The van der Waals surface area contributed by atoms with E-state index in [0.717, 1.165) is 17.7 Å². The highest BCUT2D eigenvalue weighted by molar-refractivity contribution is 5.51. The molecular formula is C17H19N3O. The number of nitrogens with zero attached hydrogens (tertiary/aromatic N) is 2. The quantitative estimate of drug-likeness (QED) is 0.880. The molecule has 2 aromatic rings. The lowest BCUT2D eigenvalue weighted by Gasteiger charge is -2.20. The lowest BCUT2D eigenvalue weighted by Crippen LogP contribution is -2.26. The number of hydrogen-bond donors (Lipinski definition) is 1. The molecule has 0 spiro atoms. The number of hydrogen-bond acceptors (Lipinski definition) is 4. The molecule has 0 aliphatic carbocycles. The van der Waals surface area contributed by atoms with Crippen molar-refractivity contribution in [1.82, 2.24) is 4.98 Å². The number of rotatable bonds is 6. The number of aromatic nitrogens is 1. The molecule has 0 aliphatic rings. The fraction of sp³-hybridized carbons (Fsp3) is 0.294. The standard InChI is InChI=1S/C17H19N3O/c1-3-15(21-16-9-5-4-7-13(16)2)12-20-17-14(11-18)8-6-10-19-17/h4-10,15H,3,12H2,1-2H3,(H,19,20). The summed E-state index contributed by atoms with van der Waals surface area (Å²) in [4.78, 5) is 4.19. The van der Waals surface area contributed by atoms with Gasteiger partial charge in [-0.1, -0.05) is 25.1 Å². The Kier molecular flexibility index (Phi) is 5.16. The Morgan fingerprint density at radius 2 is 2.10 bits per heavy atom.